The van der Waals surface area contributed by atoms with Gasteiger partial charge in [-0.1, -0.05) is 42.5 Å². The van der Waals surface area contributed by atoms with E-state index >= 15 is 0 Å². The fourth-order valence-corrected chi connectivity index (χ4v) is 3.00. The monoisotopic (exact) mass is 397 g/mol. The normalized spacial score (nSPS) is 12.0. The molecule has 0 fully saturated rings. The molecule has 150 valence electrons. The predicted octanol–water partition coefficient (Wildman–Crippen LogP) is 6.27. The van der Waals surface area contributed by atoms with Gasteiger partial charge in [-0.25, -0.2) is 4.99 Å². The summed E-state index contributed by atoms with van der Waals surface area (Å²) < 4.78 is 40.5. The van der Waals surface area contributed by atoms with E-state index in [0.717, 1.165) is 17.3 Å². The molecule has 0 aliphatic rings. The molecule has 29 heavy (non-hydrogen) atoms. The van der Waals surface area contributed by atoms with Crippen LogP contribution in [0.2, 0.25) is 0 Å². The number of para-hydroxylation sites is 3. The molecule has 3 aromatic carbocycles. The highest BCUT2D eigenvalue weighted by Gasteiger charge is 2.33. The number of anilines is 2. The molecule has 0 heterocycles. The van der Waals surface area contributed by atoms with Crippen LogP contribution in [-0.4, -0.2) is 19.9 Å². The van der Waals surface area contributed by atoms with Crippen molar-refractivity contribution in [3.8, 4) is 0 Å². The van der Waals surface area contributed by atoms with E-state index in [-0.39, 0.29) is 5.69 Å². The third kappa shape index (κ3) is 4.77. The molecule has 0 radical (unpaired) electrons. The summed E-state index contributed by atoms with van der Waals surface area (Å²) in [6.07, 6.45) is -4.47. The first-order valence-electron chi connectivity index (χ1n) is 9.11. The summed E-state index contributed by atoms with van der Waals surface area (Å²) in [7, 11) is 3.77. The summed E-state index contributed by atoms with van der Waals surface area (Å²) >= 11 is 0. The van der Waals surface area contributed by atoms with Gasteiger partial charge in [-0.15, -0.1) is 0 Å². The Morgan fingerprint density at radius 3 is 2.17 bits per heavy atom. The Balaban J connectivity index is 2.18. The van der Waals surface area contributed by atoms with Crippen molar-refractivity contribution >= 4 is 22.9 Å². The number of alkyl halides is 3. The lowest BCUT2D eigenvalue weighted by atomic mass is 10.1. The molecule has 1 N–H and O–H groups in total. The molecule has 0 aliphatic heterocycles. The standard InChI is InChI=1S/C23H22F3N3/c1-16-10-4-7-13-19(16)27-22(17-11-5-9-15-21(17)29(2)3)28-20-14-8-6-12-18(20)23(24,25)26/h4-15H,1-3H3,(H,27,28). The number of amidine groups is 1. The van der Waals surface area contributed by atoms with E-state index in [4.69, 9.17) is 4.99 Å². The zero-order valence-corrected chi connectivity index (χ0v) is 16.5. The molecule has 6 heteroatoms. The number of rotatable bonds is 4. The maximum absolute atomic E-state index is 13.5. The summed E-state index contributed by atoms with van der Waals surface area (Å²) in [6, 6.07) is 20.4. The van der Waals surface area contributed by atoms with Crippen LogP contribution in [0.15, 0.2) is 77.8 Å². The van der Waals surface area contributed by atoms with Crippen molar-refractivity contribution in [2.24, 2.45) is 4.99 Å². The van der Waals surface area contributed by atoms with Gasteiger partial charge in [-0.3, -0.25) is 0 Å². The number of hydrogen-bond donors (Lipinski definition) is 1. The lowest BCUT2D eigenvalue weighted by molar-refractivity contribution is -0.136. The fourth-order valence-electron chi connectivity index (χ4n) is 3.00. The van der Waals surface area contributed by atoms with Gasteiger partial charge in [-0.2, -0.15) is 13.2 Å². The minimum absolute atomic E-state index is 0.0408. The third-order valence-electron chi connectivity index (χ3n) is 4.47. The van der Waals surface area contributed by atoms with Gasteiger partial charge in [0.2, 0.25) is 0 Å². The predicted molar refractivity (Wildman–Crippen MR) is 113 cm³/mol. The van der Waals surface area contributed by atoms with Crippen molar-refractivity contribution in [1.82, 2.24) is 0 Å². The van der Waals surface area contributed by atoms with Gasteiger partial charge in [0.1, 0.15) is 5.84 Å². The van der Waals surface area contributed by atoms with Gasteiger partial charge in [0, 0.05) is 25.3 Å². The second-order valence-corrected chi connectivity index (χ2v) is 6.83. The van der Waals surface area contributed by atoms with Crippen LogP contribution < -0.4 is 10.2 Å². The van der Waals surface area contributed by atoms with Crippen LogP contribution in [0.3, 0.4) is 0 Å². The number of halogens is 3. The summed E-state index contributed by atoms with van der Waals surface area (Å²) in [4.78, 5) is 6.60. The topological polar surface area (TPSA) is 27.6 Å². The Hall–Kier alpha value is -3.28. The van der Waals surface area contributed by atoms with E-state index in [1.807, 2.05) is 74.4 Å². The Morgan fingerprint density at radius 1 is 0.862 bits per heavy atom. The summed E-state index contributed by atoms with van der Waals surface area (Å²) in [5.74, 6) is 0.348. The smallest absolute Gasteiger partial charge is 0.377 e. The molecule has 0 spiro atoms. The van der Waals surface area contributed by atoms with Crippen LogP contribution in [0.4, 0.5) is 30.2 Å². The van der Waals surface area contributed by atoms with Crippen LogP contribution >= 0.6 is 0 Å². The second kappa shape index (κ2) is 8.39. The Labute approximate surface area is 168 Å². The van der Waals surface area contributed by atoms with Crippen LogP contribution in [0.25, 0.3) is 0 Å². The van der Waals surface area contributed by atoms with Gasteiger partial charge in [-0.05, 0) is 42.8 Å². The van der Waals surface area contributed by atoms with Crippen molar-refractivity contribution in [2.45, 2.75) is 13.1 Å². The average molecular weight is 397 g/mol. The van der Waals surface area contributed by atoms with E-state index in [9.17, 15) is 13.2 Å². The molecule has 0 saturated heterocycles. The Kier molecular flexibility index (Phi) is 5.92. The number of benzene rings is 3. The van der Waals surface area contributed by atoms with Crippen molar-refractivity contribution in [2.75, 3.05) is 24.3 Å². The fraction of sp³-hybridized carbons (Fsp3) is 0.174. The Morgan fingerprint density at radius 2 is 1.48 bits per heavy atom. The highest BCUT2D eigenvalue weighted by molar-refractivity contribution is 6.13. The molecular formula is C23H22F3N3. The van der Waals surface area contributed by atoms with Crippen LogP contribution in [0.1, 0.15) is 16.7 Å². The van der Waals surface area contributed by atoms with Gasteiger partial charge < -0.3 is 10.2 Å². The van der Waals surface area contributed by atoms with E-state index < -0.39 is 11.7 Å². The minimum Gasteiger partial charge on any atom is -0.377 e. The lowest BCUT2D eigenvalue weighted by Crippen LogP contribution is -2.21. The van der Waals surface area contributed by atoms with Crippen LogP contribution in [0, 0.1) is 6.92 Å². The van der Waals surface area contributed by atoms with Gasteiger partial charge in [0.05, 0.1) is 16.9 Å². The van der Waals surface area contributed by atoms with Crippen molar-refractivity contribution in [3.63, 3.8) is 0 Å². The van der Waals surface area contributed by atoms with Crippen LogP contribution in [0.5, 0.6) is 0 Å². The van der Waals surface area contributed by atoms with Gasteiger partial charge in [0.25, 0.3) is 0 Å². The highest BCUT2D eigenvalue weighted by Crippen LogP contribution is 2.35. The zero-order valence-electron chi connectivity index (χ0n) is 16.5. The quantitative estimate of drug-likeness (QED) is 0.415. The maximum atomic E-state index is 13.5. The molecule has 0 unspecified atom stereocenters. The molecule has 0 amide bonds. The number of aryl methyl sites for hydroxylation is 1. The maximum Gasteiger partial charge on any atom is 0.418 e. The number of aliphatic imine (C=N–C) groups is 1. The molecular weight excluding hydrogens is 375 g/mol. The number of hydrogen-bond acceptors (Lipinski definition) is 2. The molecule has 3 rings (SSSR count). The van der Waals surface area contributed by atoms with Gasteiger partial charge in [0.15, 0.2) is 0 Å². The number of nitrogens with one attached hydrogen (secondary N) is 1. The summed E-state index contributed by atoms with van der Waals surface area (Å²) in [5.41, 5.74) is 2.39. The molecule has 0 aliphatic carbocycles. The van der Waals surface area contributed by atoms with Crippen LogP contribution in [-0.2, 0) is 6.18 Å². The molecule has 0 bridgehead atoms. The zero-order chi connectivity index (χ0) is 21.0. The summed E-state index contributed by atoms with van der Waals surface area (Å²) in [6.45, 7) is 1.91. The Bertz CT molecular complexity index is 1020. The molecule has 0 aromatic heterocycles. The van der Waals surface area contributed by atoms with Crippen molar-refractivity contribution in [3.05, 3.63) is 89.5 Å². The average Bonchev–Trinajstić information content (AvgIpc) is 2.68. The largest absolute Gasteiger partial charge is 0.418 e. The highest BCUT2D eigenvalue weighted by atomic mass is 19.4. The first-order valence-corrected chi connectivity index (χ1v) is 9.11. The SMILES string of the molecule is Cc1ccccc1N=C(Nc1ccccc1C(F)(F)F)c1ccccc1N(C)C. The van der Waals surface area contributed by atoms with Crippen molar-refractivity contribution in [1.29, 1.82) is 0 Å². The number of nitrogens with zero attached hydrogens (tertiary/aromatic N) is 2. The second-order valence-electron chi connectivity index (χ2n) is 6.83. The first kappa shape index (κ1) is 20.5. The summed E-state index contributed by atoms with van der Waals surface area (Å²) in [5, 5.41) is 2.94. The molecule has 0 saturated carbocycles. The molecule has 3 nitrogen and oxygen atoms in total. The van der Waals surface area contributed by atoms with E-state index in [0.29, 0.717) is 17.1 Å². The van der Waals surface area contributed by atoms with E-state index in [2.05, 4.69) is 5.32 Å². The minimum atomic E-state index is -4.47. The van der Waals surface area contributed by atoms with Gasteiger partial charge >= 0.3 is 6.18 Å². The van der Waals surface area contributed by atoms with E-state index in [1.54, 1.807) is 6.07 Å². The molecule has 3 aromatic rings. The third-order valence-corrected chi connectivity index (χ3v) is 4.47. The van der Waals surface area contributed by atoms with E-state index in [1.165, 1.54) is 12.1 Å². The lowest BCUT2D eigenvalue weighted by Gasteiger charge is -2.21. The molecule has 0 atom stereocenters. The first-order chi connectivity index (χ1) is 13.8. The van der Waals surface area contributed by atoms with Crippen molar-refractivity contribution < 1.29 is 13.2 Å².